The topological polar surface area (TPSA) is 29.5 Å². The molecule has 3 nitrogen and oxygen atoms in total. The fraction of sp³-hybridized carbons (Fsp3) is 0.650. The molecule has 1 aliphatic rings. The van der Waals surface area contributed by atoms with Gasteiger partial charge >= 0.3 is 0 Å². The van der Waals surface area contributed by atoms with Crippen LogP contribution in [0.1, 0.15) is 70.5 Å². The molecule has 1 unspecified atom stereocenters. The second-order valence-corrected chi connectivity index (χ2v) is 6.59. The molecule has 1 fully saturated rings. The molecular formula is C20H31NO2. The van der Waals surface area contributed by atoms with E-state index in [0.717, 1.165) is 32.4 Å². The van der Waals surface area contributed by atoms with Crippen molar-refractivity contribution in [3.05, 3.63) is 35.9 Å². The Morgan fingerprint density at radius 2 is 1.87 bits per heavy atom. The summed E-state index contributed by atoms with van der Waals surface area (Å²) < 4.78 is 6.45. The molecule has 0 spiro atoms. The number of hydrogen-bond acceptors (Lipinski definition) is 2. The third-order valence-corrected chi connectivity index (χ3v) is 4.74. The number of carbonyl (C=O) groups excluding carboxylic acids is 1. The van der Waals surface area contributed by atoms with Gasteiger partial charge in [0.15, 0.2) is 0 Å². The minimum atomic E-state index is 0.183. The van der Waals surface area contributed by atoms with Crippen LogP contribution in [0.4, 0.5) is 0 Å². The van der Waals surface area contributed by atoms with Crippen LogP contribution in [0, 0.1) is 0 Å². The van der Waals surface area contributed by atoms with Gasteiger partial charge in [0.05, 0.1) is 12.2 Å². The van der Waals surface area contributed by atoms with Gasteiger partial charge in [0.2, 0.25) is 5.91 Å². The normalized spacial score (nSPS) is 17.2. The third kappa shape index (κ3) is 5.98. The van der Waals surface area contributed by atoms with E-state index >= 15 is 0 Å². The maximum atomic E-state index is 11.4. The zero-order chi connectivity index (χ0) is 16.5. The van der Waals surface area contributed by atoms with Gasteiger partial charge in [-0.3, -0.25) is 4.79 Å². The SMILES string of the molecule is CCCCCCC(OC1CCN(C(C)=O)CC1)c1ccccc1. The molecule has 1 heterocycles. The van der Waals surface area contributed by atoms with Crippen molar-refractivity contribution in [1.82, 2.24) is 4.90 Å². The second kappa shape index (κ2) is 9.71. The number of hydrogen-bond donors (Lipinski definition) is 0. The van der Waals surface area contributed by atoms with Gasteiger partial charge in [0, 0.05) is 20.0 Å². The predicted octanol–water partition coefficient (Wildman–Crippen LogP) is 4.73. The monoisotopic (exact) mass is 317 g/mol. The van der Waals surface area contributed by atoms with Gasteiger partial charge in [-0.2, -0.15) is 0 Å². The molecule has 0 aliphatic carbocycles. The lowest BCUT2D eigenvalue weighted by Crippen LogP contribution is -2.40. The summed E-state index contributed by atoms with van der Waals surface area (Å²) in [7, 11) is 0. The van der Waals surface area contributed by atoms with Gasteiger partial charge in [-0.1, -0.05) is 62.9 Å². The second-order valence-electron chi connectivity index (χ2n) is 6.59. The number of nitrogens with zero attached hydrogens (tertiary/aromatic N) is 1. The lowest BCUT2D eigenvalue weighted by molar-refractivity contribution is -0.132. The van der Waals surface area contributed by atoms with Gasteiger partial charge in [0.1, 0.15) is 0 Å². The Morgan fingerprint density at radius 3 is 2.48 bits per heavy atom. The molecule has 128 valence electrons. The zero-order valence-electron chi connectivity index (χ0n) is 14.7. The first-order chi connectivity index (χ1) is 11.2. The fourth-order valence-electron chi connectivity index (χ4n) is 3.28. The van der Waals surface area contributed by atoms with Crippen molar-refractivity contribution in [3.8, 4) is 0 Å². The molecule has 1 aliphatic heterocycles. The van der Waals surface area contributed by atoms with Crippen molar-refractivity contribution < 1.29 is 9.53 Å². The third-order valence-electron chi connectivity index (χ3n) is 4.74. The summed E-state index contributed by atoms with van der Waals surface area (Å²) in [5.74, 6) is 0.183. The van der Waals surface area contributed by atoms with Crippen molar-refractivity contribution in [2.24, 2.45) is 0 Å². The lowest BCUT2D eigenvalue weighted by Gasteiger charge is -2.33. The summed E-state index contributed by atoms with van der Waals surface area (Å²) in [6.45, 7) is 5.56. The first-order valence-electron chi connectivity index (χ1n) is 9.16. The number of rotatable bonds is 8. The molecule has 0 saturated carbocycles. The van der Waals surface area contributed by atoms with Crippen LogP contribution in [-0.2, 0) is 9.53 Å². The van der Waals surface area contributed by atoms with E-state index < -0.39 is 0 Å². The summed E-state index contributed by atoms with van der Waals surface area (Å²) in [6, 6.07) is 10.6. The molecular weight excluding hydrogens is 286 g/mol. The van der Waals surface area contributed by atoms with Crippen LogP contribution >= 0.6 is 0 Å². The van der Waals surface area contributed by atoms with E-state index in [0.29, 0.717) is 0 Å². The van der Waals surface area contributed by atoms with Crippen LogP contribution in [-0.4, -0.2) is 30.0 Å². The standard InChI is InChI=1S/C20H31NO2/c1-3-4-5-9-12-20(18-10-7-6-8-11-18)23-19-13-15-21(16-14-19)17(2)22/h6-8,10-11,19-20H,3-5,9,12-16H2,1-2H3. The van der Waals surface area contributed by atoms with Crippen LogP contribution in [0.15, 0.2) is 30.3 Å². The summed E-state index contributed by atoms with van der Waals surface area (Å²) >= 11 is 0. The van der Waals surface area contributed by atoms with Gasteiger partial charge in [0.25, 0.3) is 0 Å². The Morgan fingerprint density at radius 1 is 1.17 bits per heavy atom. The highest BCUT2D eigenvalue weighted by Crippen LogP contribution is 2.28. The largest absolute Gasteiger partial charge is 0.370 e. The lowest BCUT2D eigenvalue weighted by atomic mass is 10.0. The maximum Gasteiger partial charge on any atom is 0.219 e. The van der Waals surface area contributed by atoms with E-state index in [4.69, 9.17) is 4.74 Å². The molecule has 1 atom stereocenters. The smallest absolute Gasteiger partial charge is 0.219 e. The number of likely N-dealkylation sites (tertiary alicyclic amines) is 1. The maximum absolute atomic E-state index is 11.4. The molecule has 0 aromatic heterocycles. The van der Waals surface area contributed by atoms with Crippen LogP contribution < -0.4 is 0 Å². The molecule has 1 saturated heterocycles. The first-order valence-corrected chi connectivity index (χ1v) is 9.16. The quantitative estimate of drug-likeness (QED) is 0.649. The van der Waals surface area contributed by atoms with Crippen molar-refractivity contribution in [1.29, 1.82) is 0 Å². The van der Waals surface area contributed by atoms with Crippen LogP contribution in [0.5, 0.6) is 0 Å². The highest BCUT2D eigenvalue weighted by molar-refractivity contribution is 5.73. The Labute approximate surface area is 141 Å². The number of piperidine rings is 1. The van der Waals surface area contributed by atoms with Crippen LogP contribution in [0.3, 0.4) is 0 Å². The minimum absolute atomic E-state index is 0.183. The molecule has 1 aromatic carbocycles. The van der Waals surface area contributed by atoms with Crippen LogP contribution in [0.2, 0.25) is 0 Å². The van der Waals surface area contributed by atoms with Crippen LogP contribution in [0.25, 0.3) is 0 Å². The van der Waals surface area contributed by atoms with Crippen molar-refractivity contribution in [2.45, 2.75) is 71.0 Å². The number of carbonyl (C=O) groups is 1. The van der Waals surface area contributed by atoms with Crippen molar-refractivity contribution >= 4 is 5.91 Å². The van der Waals surface area contributed by atoms with E-state index in [2.05, 4.69) is 37.3 Å². The Kier molecular flexibility index (Phi) is 7.60. The molecule has 1 aromatic rings. The van der Waals surface area contributed by atoms with E-state index in [9.17, 15) is 4.79 Å². The highest BCUT2D eigenvalue weighted by Gasteiger charge is 2.24. The van der Waals surface area contributed by atoms with Gasteiger partial charge in [-0.25, -0.2) is 0 Å². The Balaban J connectivity index is 1.88. The van der Waals surface area contributed by atoms with Gasteiger partial charge in [-0.05, 0) is 24.8 Å². The van der Waals surface area contributed by atoms with E-state index in [-0.39, 0.29) is 18.1 Å². The molecule has 0 radical (unpaired) electrons. The summed E-state index contributed by atoms with van der Waals surface area (Å²) in [6.07, 6.45) is 8.56. The summed E-state index contributed by atoms with van der Waals surface area (Å²) in [5.41, 5.74) is 1.29. The fourth-order valence-corrected chi connectivity index (χ4v) is 3.28. The number of ether oxygens (including phenoxy) is 1. The predicted molar refractivity (Wildman–Crippen MR) is 94.3 cm³/mol. The summed E-state index contributed by atoms with van der Waals surface area (Å²) in [5, 5.41) is 0. The number of benzene rings is 1. The molecule has 0 bridgehead atoms. The van der Waals surface area contributed by atoms with Crippen molar-refractivity contribution in [2.75, 3.05) is 13.1 Å². The minimum Gasteiger partial charge on any atom is -0.370 e. The summed E-state index contributed by atoms with van der Waals surface area (Å²) in [4.78, 5) is 13.4. The average molecular weight is 317 g/mol. The van der Waals surface area contributed by atoms with Gasteiger partial charge in [-0.15, -0.1) is 0 Å². The van der Waals surface area contributed by atoms with E-state index in [1.807, 2.05) is 4.90 Å². The molecule has 23 heavy (non-hydrogen) atoms. The molecule has 0 N–H and O–H groups in total. The molecule has 1 amide bonds. The number of unbranched alkanes of at least 4 members (excludes halogenated alkanes) is 3. The molecule has 3 heteroatoms. The Hall–Kier alpha value is -1.35. The average Bonchev–Trinajstić information content (AvgIpc) is 2.59. The highest BCUT2D eigenvalue weighted by atomic mass is 16.5. The van der Waals surface area contributed by atoms with Gasteiger partial charge < -0.3 is 9.64 Å². The molecule has 2 rings (SSSR count). The Bertz CT molecular complexity index is 452. The van der Waals surface area contributed by atoms with E-state index in [1.165, 1.54) is 31.2 Å². The number of amides is 1. The van der Waals surface area contributed by atoms with E-state index in [1.54, 1.807) is 6.92 Å². The van der Waals surface area contributed by atoms with Crippen molar-refractivity contribution in [3.63, 3.8) is 0 Å². The first kappa shape index (κ1) is 18.0. The zero-order valence-corrected chi connectivity index (χ0v) is 14.7.